The summed E-state index contributed by atoms with van der Waals surface area (Å²) < 4.78 is 0. The molecule has 11 atom stereocenters. The number of amides is 12. The van der Waals surface area contributed by atoms with Crippen molar-refractivity contribution in [2.45, 2.75) is 185 Å². The second kappa shape index (κ2) is 43.7. The van der Waals surface area contributed by atoms with Gasteiger partial charge in [-0.15, -0.1) is 0 Å². The van der Waals surface area contributed by atoms with Crippen molar-refractivity contribution >= 4 is 117 Å². The number of thioether (sulfide) groups is 1. The van der Waals surface area contributed by atoms with E-state index >= 15 is 0 Å². The van der Waals surface area contributed by atoms with Crippen molar-refractivity contribution < 1.29 is 87.2 Å². The maximum absolute atomic E-state index is 14.7. The normalized spacial score (nSPS) is 15.6. The highest BCUT2D eigenvalue weighted by molar-refractivity contribution is 7.98. The third-order valence-electron chi connectivity index (χ3n) is 16.1. The number of nitrogens with two attached hydrogens (primary N) is 3. The van der Waals surface area contributed by atoms with Gasteiger partial charge in [0.25, 0.3) is 0 Å². The van der Waals surface area contributed by atoms with E-state index in [9.17, 15) is 87.2 Å². The van der Waals surface area contributed by atoms with Crippen LogP contribution in [0.5, 0.6) is 0 Å². The topological polar surface area (TPSA) is 582 Å². The van der Waals surface area contributed by atoms with E-state index in [-0.39, 0.29) is 69.7 Å². The Morgan fingerprint density at radius 2 is 1.16 bits per heavy atom. The fraction of sp³-hybridized carbons (Fsp3) is 0.619. The Morgan fingerprint density at radius 1 is 0.630 bits per heavy atom. The van der Waals surface area contributed by atoms with Crippen molar-refractivity contribution in [2.75, 3.05) is 51.3 Å². The van der Waals surface area contributed by atoms with E-state index in [1.165, 1.54) is 23.6 Å². The van der Waals surface area contributed by atoms with Crippen LogP contribution in [0.3, 0.4) is 0 Å². The van der Waals surface area contributed by atoms with Crippen LogP contribution in [-0.4, -0.2) is 232 Å². The predicted molar refractivity (Wildman–Crippen MR) is 366 cm³/mol. The van der Waals surface area contributed by atoms with Gasteiger partial charge in [0.2, 0.25) is 70.9 Å². The van der Waals surface area contributed by atoms with Crippen molar-refractivity contribution in [1.29, 1.82) is 5.41 Å². The molecule has 23 N–H and O–H groups in total. The Labute approximate surface area is 582 Å². The first-order valence-corrected chi connectivity index (χ1v) is 34.5. The number of nitrogens with one attached hydrogen (secondary N) is 14. The second-order valence-electron chi connectivity index (χ2n) is 24.7. The highest BCUT2D eigenvalue weighted by atomic mass is 32.2. The maximum Gasteiger partial charge on any atom is 0.326 e. The number of aliphatic carboxylic acids is 3. The Hall–Kier alpha value is -9.65. The number of guanidine groups is 1. The van der Waals surface area contributed by atoms with Gasteiger partial charge in [0.1, 0.15) is 54.4 Å². The number of nitrogens with zero attached hydrogens (tertiary/aromatic N) is 1. The van der Waals surface area contributed by atoms with Gasteiger partial charge in [-0.1, -0.05) is 52.3 Å². The van der Waals surface area contributed by atoms with Crippen LogP contribution in [0, 0.1) is 17.2 Å². The molecule has 36 nitrogen and oxygen atoms in total. The molecule has 1 aliphatic rings. The number of fused-ring (bicyclic) bond motifs is 1. The fourth-order valence-corrected chi connectivity index (χ4v) is 11.1. The van der Waals surface area contributed by atoms with Gasteiger partial charge >= 0.3 is 17.9 Å². The molecule has 2 aromatic rings. The van der Waals surface area contributed by atoms with Gasteiger partial charge in [-0.2, -0.15) is 11.8 Å². The fourth-order valence-electron chi connectivity index (χ4n) is 10.6. The number of likely N-dealkylation sites (tertiary alicyclic amines) is 1. The highest BCUT2D eigenvalue weighted by Crippen LogP contribution is 2.21. The molecule has 1 fully saturated rings. The van der Waals surface area contributed by atoms with Crippen molar-refractivity contribution in [3.05, 3.63) is 36.0 Å². The monoisotopic (exact) mass is 1430 g/mol. The first-order chi connectivity index (χ1) is 47.3. The molecule has 1 saturated heterocycles. The standard InChI is InChI=1S/C63H100N18O18S/c1-7-34(4)52(60(96)79-45(62(98)99)28-51(87)88)80-56(92)40(17-12-23-68-63(66)67)74-47(82)30-71-54(90)42(21-25-100-6)77-58(94)44(27-36-29-69-38-15-9-8-14-37(36)38)78-55(91)41(19-20-50(85)86)76-57(93)43(26-33(2)3)75-49(84)31-70-53(89)39(16-10-11-22-64)73-48(83)32-72-59(95)46-18-13-24-81(46)61(97)35(5)65/h8-9,14-15,29,33-35,39-46,52,69H,7,10-13,16-28,30-32,64-65H2,1-6H3,(H,70,89)(H,71,90)(H,72,95)(H,73,83)(H,74,82)(H,75,84)(H,76,93)(H,77,94)(H,78,91)(H,79,96)(H,80,92)(H,85,86)(H,87,88)(H,98,99)(H4,66,67,68)/t34-,35-,39-,40-,41-,42-,43-,44-,45-,46-,52-/m0/s1. The molecule has 0 unspecified atom stereocenters. The molecule has 1 aliphatic heterocycles. The average Bonchev–Trinajstić information content (AvgIpc) is 1.65. The lowest BCUT2D eigenvalue weighted by atomic mass is 9.97. The van der Waals surface area contributed by atoms with Gasteiger partial charge in [0.05, 0.1) is 32.1 Å². The summed E-state index contributed by atoms with van der Waals surface area (Å²) in [6, 6.07) is -6.66. The van der Waals surface area contributed by atoms with Crippen LogP contribution < -0.4 is 81.0 Å². The molecule has 0 radical (unpaired) electrons. The Morgan fingerprint density at radius 3 is 1.72 bits per heavy atom. The summed E-state index contributed by atoms with van der Waals surface area (Å²) in [5.41, 5.74) is 18.0. The van der Waals surface area contributed by atoms with Crippen molar-refractivity contribution in [3.63, 3.8) is 0 Å². The number of unbranched alkanes of at least 4 members (excludes halogenated alkanes) is 1. The molecular weight excluding hydrogens is 1330 g/mol. The minimum atomic E-state index is -1.85. The average molecular weight is 1430 g/mol. The molecule has 0 bridgehead atoms. The Kier molecular flexibility index (Phi) is 36.9. The van der Waals surface area contributed by atoms with Crippen LogP contribution in [0.25, 0.3) is 10.9 Å². The van der Waals surface area contributed by atoms with Crippen LogP contribution in [0.15, 0.2) is 30.5 Å². The van der Waals surface area contributed by atoms with E-state index in [2.05, 4.69) is 68.8 Å². The molecule has 100 heavy (non-hydrogen) atoms. The van der Waals surface area contributed by atoms with Gasteiger partial charge < -0.3 is 106 Å². The van der Waals surface area contributed by atoms with Crippen LogP contribution >= 0.6 is 11.8 Å². The summed E-state index contributed by atoms with van der Waals surface area (Å²) in [6.07, 6.45) is 2.84. The molecule has 12 amide bonds. The number of H-pyrrole nitrogens is 1. The van der Waals surface area contributed by atoms with Crippen molar-refractivity contribution in [3.8, 4) is 0 Å². The van der Waals surface area contributed by atoms with E-state index in [1.54, 1.807) is 64.4 Å². The third-order valence-corrected chi connectivity index (χ3v) is 16.8. The molecule has 556 valence electrons. The van der Waals surface area contributed by atoms with E-state index < -0.39 is 200 Å². The molecule has 0 saturated carbocycles. The summed E-state index contributed by atoms with van der Waals surface area (Å²) >= 11 is 1.30. The van der Waals surface area contributed by atoms with E-state index in [4.69, 9.17) is 22.6 Å². The first kappa shape index (κ1) is 84.6. The van der Waals surface area contributed by atoms with Crippen molar-refractivity contribution in [1.82, 2.24) is 73.7 Å². The van der Waals surface area contributed by atoms with Gasteiger partial charge in [0.15, 0.2) is 5.96 Å². The Bertz CT molecular complexity index is 3190. The summed E-state index contributed by atoms with van der Waals surface area (Å²) in [7, 11) is 0. The molecule has 2 heterocycles. The molecule has 37 heteroatoms. The smallest absolute Gasteiger partial charge is 0.326 e. The van der Waals surface area contributed by atoms with Crippen LogP contribution in [-0.2, 0) is 78.3 Å². The zero-order chi connectivity index (χ0) is 74.8. The lowest BCUT2D eigenvalue weighted by Crippen LogP contribution is -2.59. The van der Waals surface area contributed by atoms with E-state index in [1.807, 2.05) is 0 Å². The summed E-state index contributed by atoms with van der Waals surface area (Å²) in [5, 5.41) is 66.7. The number of carboxylic acid groups (broad SMARTS) is 3. The number of benzene rings is 1. The minimum Gasteiger partial charge on any atom is -0.481 e. The Balaban J connectivity index is 1.86. The number of carbonyl (C=O) groups is 15. The number of carboxylic acids is 3. The third kappa shape index (κ3) is 29.8. The number of hydrogen-bond donors (Lipinski definition) is 20. The van der Waals surface area contributed by atoms with E-state index in [0.717, 1.165) is 0 Å². The number of hydrogen-bond acceptors (Lipinski definition) is 19. The molecule has 3 rings (SSSR count). The van der Waals surface area contributed by atoms with Gasteiger partial charge in [0, 0.05) is 43.0 Å². The maximum atomic E-state index is 14.7. The number of carbonyl (C=O) groups excluding carboxylic acids is 12. The van der Waals surface area contributed by atoms with Crippen molar-refractivity contribution in [2.24, 2.45) is 29.0 Å². The second-order valence-corrected chi connectivity index (χ2v) is 25.7. The zero-order valence-corrected chi connectivity index (χ0v) is 58.0. The lowest BCUT2D eigenvalue weighted by Gasteiger charge is -2.28. The zero-order valence-electron chi connectivity index (χ0n) is 57.2. The number of rotatable bonds is 46. The number of para-hydroxylation sites is 1. The van der Waals surface area contributed by atoms with Gasteiger partial charge in [-0.05, 0) is 113 Å². The van der Waals surface area contributed by atoms with Crippen LogP contribution in [0.4, 0.5) is 0 Å². The number of aromatic amines is 1. The summed E-state index contributed by atoms with van der Waals surface area (Å²) in [6.45, 7) is 6.76. The quantitative estimate of drug-likeness (QED) is 0.0170. The SMILES string of the molecule is CC[C@H](C)[C@H](NC(=O)[C@H](CCCNC(=N)N)NC(=O)CNC(=O)[C@H](CCSC)NC(=O)[C@H](Cc1c[nH]c2ccccc12)NC(=O)[C@H](CCC(=O)O)NC(=O)[C@H](CC(C)C)NC(=O)CNC(=O)[C@H](CCCCN)NC(=O)CNC(=O)[C@@H]1CCCN1C(=O)[C@H](C)N)C(=O)N[C@@H](CC(=O)O)C(=O)O. The molecule has 0 spiro atoms. The van der Waals surface area contributed by atoms with Crippen LogP contribution in [0.1, 0.15) is 124 Å². The summed E-state index contributed by atoms with van der Waals surface area (Å²) in [4.78, 5) is 204. The van der Waals surface area contributed by atoms with Crippen LogP contribution in [0.2, 0.25) is 0 Å². The summed E-state index contributed by atoms with van der Waals surface area (Å²) in [5.74, 6) is -15.8. The van der Waals surface area contributed by atoms with Gasteiger partial charge in [-0.3, -0.25) is 72.5 Å². The molecular formula is C63H100N18O18S. The molecule has 1 aromatic carbocycles. The highest BCUT2D eigenvalue weighted by Gasteiger charge is 2.38. The largest absolute Gasteiger partial charge is 0.481 e. The van der Waals surface area contributed by atoms with E-state index in [0.29, 0.717) is 48.7 Å². The minimum absolute atomic E-state index is 0.0431. The number of aromatic nitrogens is 1. The lowest BCUT2D eigenvalue weighted by molar-refractivity contribution is -0.147. The first-order valence-electron chi connectivity index (χ1n) is 33.1. The molecule has 0 aliphatic carbocycles. The predicted octanol–water partition coefficient (Wildman–Crippen LogP) is -4.06. The molecule has 1 aromatic heterocycles. The van der Waals surface area contributed by atoms with Gasteiger partial charge in [-0.25, -0.2) is 4.79 Å².